The van der Waals surface area contributed by atoms with Crippen molar-refractivity contribution in [1.29, 1.82) is 0 Å². The van der Waals surface area contributed by atoms with E-state index in [1.54, 1.807) is 0 Å². The predicted molar refractivity (Wildman–Crippen MR) is 66.5 cm³/mol. The van der Waals surface area contributed by atoms with E-state index < -0.39 is 0 Å². The fourth-order valence-corrected chi connectivity index (χ4v) is 2.59. The van der Waals surface area contributed by atoms with Crippen molar-refractivity contribution >= 4 is 0 Å². The fourth-order valence-electron chi connectivity index (χ4n) is 2.59. The van der Waals surface area contributed by atoms with Gasteiger partial charge in [-0.15, -0.1) is 0 Å². The second-order valence-corrected chi connectivity index (χ2v) is 4.55. The summed E-state index contributed by atoms with van der Waals surface area (Å²) in [6.45, 7) is 4.70. The van der Waals surface area contributed by atoms with Gasteiger partial charge in [0.15, 0.2) is 0 Å². The minimum Gasteiger partial charge on any atom is -0.375 e. The average molecular weight is 219 g/mol. The number of rotatable bonds is 4. The van der Waals surface area contributed by atoms with Crippen molar-refractivity contribution in [3.63, 3.8) is 0 Å². The van der Waals surface area contributed by atoms with Gasteiger partial charge in [-0.1, -0.05) is 30.3 Å². The molecule has 2 nitrogen and oxygen atoms in total. The SMILES string of the molecule is CO[C@@H](c1ccccc1)[C@@H](C)N1CCCC1. The smallest absolute Gasteiger partial charge is 0.0973 e. The highest BCUT2D eigenvalue weighted by Crippen LogP contribution is 2.26. The maximum atomic E-state index is 5.67. The summed E-state index contributed by atoms with van der Waals surface area (Å²) in [6.07, 6.45) is 2.85. The molecule has 1 aromatic carbocycles. The highest BCUT2D eigenvalue weighted by Gasteiger charge is 2.26. The molecule has 0 spiro atoms. The Labute approximate surface area is 98.2 Å². The summed E-state index contributed by atoms with van der Waals surface area (Å²) >= 11 is 0. The van der Waals surface area contributed by atoms with Gasteiger partial charge in [-0.2, -0.15) is 0 Å². The van der Waals surface area contributed by atoms with Gasteiger partial charge in [-0.05, 0) is 38.4 Å². The van der Waals surface area contributed by atoms with Crippen LogP contribution in [0.5, 0.6) is 0 Å². The Bertz CT molecular complexity index is 306. The molecular formula is C14H21NO. The predicted octanol–water partition coefficient (Wildman–Crippen LogP) is 2.86. The van der Waals surface area contributed by atoms with Gasteiger partial charge in [-0.3, -0.25) is 4.90 Å². The summed E-state index contributed by atoms with van der Waals surface area (Å²) in [5, 5.41) is 0. The van der Waals surface area contributed by atoms with Gasteiger partial charge in [0.1, 0.15) is 0 Å². The number of nitrogens with zero attached hydrogens (tertiary/aromatic N) is 1. The molecule has 2 heteroatoms. The van der Waals surface area contributed by atoms with Crippen LogP contribution in [0.4, 0.5) is 0 Å². The van der Waals surface area contributed by atoms with Crippen LogP contribution in [-0.4, -0.2) is 31.1 Å². The number of likely N-dealkylation sites (tertiary alicyclic amines) is 1. The second kappa shape index (κ2) is 5.46. The van der Waals surface area contributed by atoms with Crippen molar-refractivity contribution in [2.45, 2.75) is 31.9 Å². The first-order valence-electron chi connectivity index (χ1n) is 6.14. The van der Waals surface area contributed by atoms with Crippen LogP contribution in [0.2, 0.25) is 0 Å². The molecule has 1 fully saturated rings. The normalized spacial score (nSPS) is 20.9. The van der Waals surface area contributed by atoms with Gasteiger partial charge in [0.2, 0.25) is 0 Å². The Balaban J connectivity index is 2.09. The topological polar surface area (TPSA) is 12.5 Å². The second-order valence-electron chi connectivity index (χ2n) is 4.55. The summed E-state index contributed by atoms with van der Waals surface area (Å²) in [7, 11) is 1.81. The standard InChI is InChI=1S/C14H21NO/c1-12(15-10-6-7-11-15)14(16-2)13-8-4-3-5-9-13/h3-5,8-9,12,14H,6-7,10-11H2,1-2H3/t12-,14-/m1/s1. The van der Waals surface area contributed by atoms with E-state index in [1.165, 1.54) is 31.5 Å². The van der Waals surface area contributed by atoms with Crippen LogP contribution < -0.4 is 0 Å². The third-order valence-corrected chi connectivity index (χ3v) is 3.54. The molecule has 0 unspecified atom stereocenters. The maximum absolute atomic E-state index is 5.67. The summed E-state index contributed by atoms with van der Waals surface area (Å²) in [4.78, 5) is 2.53. The number of hydrogen-bond acceptors (Lipinski definition) is 2. The van der Waals surface area contributed by atoms with Gasteiger partial charge in [0.25, 0.3) is 0 Å². The lowest BCUT2D eigenvalue weighted by Gasteiger charge is -2.31. The van der Waals surface area contributed by atoms with E-state index in [0.29, 0.717) is 6.04 Å². The van der Waals surface area contributed by atoms with Gasteiger partial charge in [0.05, 0.1) is 6.10 Å². The molecule has 1 aliphatic heterocycles. The monoisotopic (exact) mass is 219 g/mol. The molecule has 0 saturated carbocycles. The van der Waals surface area contributed by atoms with Crippen LogP contribution >= 0.6 is 0 Å². The lowest BCUT2D eigenvalue weighted by atomic mass is 10.0. The minimum atomic E-state index is 0.194. The molecule has 1 aromatic rings. The molecule has 0 aromatic heterocycles. The van der Waals surface area contributed by atoms with E-state index in [9.17, 15) is 0 Å². The van der Waals surface area contributed by atoms with Crippen LogP contribution in [0, 0.1) is 0 Å². The molecule has 1 aliphatic rings. The zero-order valence-electron chi connectivity index (χ0n) is 10.2. The molecule has 1 saturated heterocycles. The van der Waals surface area contributed by atoms with Crippen molar-refractivity contribution in [2.24, 2.45) is 0 Å². The first kappa shape index (κ1) is 11.6. The third kappa shape index (κ3) is 2.45. The van der Waals surface area contributed by atoms with Crippen LogP contribution in [0.25, 0.3) is 0 Å². The molecule has 88 valence electrons. The lowest BCUT2D eigenvalue weighted by Crippen LogP contribution is -2.36. The van der Waals surface area contributed by atoms with Crippen molar-refractivity contribution in [3.8, 4) is 0 Å². The molecule has 0 aliphatic carbocycles. The van der Waals surface area contributed by atoms with E-state index in [0.717, 1.165) is 0 Å². The Hall–Kier alpha value is -0.860. The average Bonchev–Trinajstić information content (AvgIpc) is 2.85. The summed E-state index contributed by atoms with van der Waals surface area (Å²) in [5.74, 6) is 0. The molecular weight excluding hydrogens is 198 g/mol. The molecule has 0 N–H and O–H groups in total. The van der Waals surface area contributed by atoms with E-state index in [4.69, 9.17) is 4.74 Å². The number of benzene rings is 1. The van der Waals surface area contributed by atoms with E-state index in [2.05, 4.69) is 42.2 Å². The minimum absolute atomic E-state index is 0.194. The van der Waals surface area contributed by atoms with Gasteiger partial charge < -0.3 is 4.74 Å². The van der Waals surface area contributed by atoms with Crippen LogP contribution in [-0.2, 0) is 4.74 Å². The fraction of sp³-hybridized carbons (Fsp3) is 0.571. The first-order valence-corrected chi connectivity index (χ1v) is 6.14. The van der Waals surface area contributed by atoms with Crippen LogP contribution in [0.3, 0.4) is 0 Å². The lowest BCUT2D eigenvalue weighted by molar-refractivity contribution is 0.0292. The molecule has 0 amide bonds. The molecule has 2 atom stereocenters. The third-order valence-electron chi connectivity index (χ3n) is 3.54. The van der Waals surface area contributed by atoms with E-state index >= 15 is 0 Å². The largest absolute Gasteiger partial charge is 0.375 e. The summed E-state index contributed by atoms with van der Waals surface area (Å²) < 4.78 is 5.67. The molecule has 0 bridgehead atoms. The summed E-state index contributed by atoms with van der Waals surface area (Å²) in [5.41, 5.74) is 1.28. The van der Waals surface area contributed by atoms with E-state index in [1.807, 2.05) is 7.11 Å². The van der Waals surface area contributed by atoms with Crippen molar-refractivity contribution in [1.82, 2.24) is 4.90 Å². The highest BCUT2D eigenvalue weighted by atomic mass is 16.5. The quantitative estimate of drug-likeness (QED) is 0.772. The molecule has 1 heterocycles. The van der Waals surface area contributed by atoms with Crippen molar-refractivity contribution in [3.05, 3.63) is 35.9 Å². The van der Waals surface area contributed by atoms with Crippen LogP contribution in [0.15, 0.2) is 30.3 Å². The Morgan fingerprint density at radius 2 is 1.75 bits per heavy atom. The Morgan fingerprint density at radius 1 is 1.12 bits per heavy atom. The molecule has 2 rings (SSSR count). The van der Waals surface area contributed by atoms with Crippen molar-refractivity contribution < 1.29 is 4.74 Å². The molecule has 0 radical (unpaired) electrons. The Kier molecular flexibility index (Phi) is 3.97. The van der Waals surface area contributed by atoms with Gasteiger partial charge in [-0.25, -0.2) is 0 Å². The van der Waals surface area contributed by atoms with E-state index in [-0.39, 0.29) is 6.10 Å². The Morgan fingerprint density at radius 3 is 2.31 bits per heavy atom. The number of methoxy groups -OCH3 is 1. The van der Waals surface area contributed by atoms with Gasteiger partial charge >= 0.3 is 0 Å². The number of hydrogen-bond donors (Lipinski definition) is 0. The van der Waals surface area contributed by atoms with Crippen LogP contribution in [0.1, 0.15) is 31.4 Å². The maximum Gasteiger partial charge on any atom is 0.0973 e. The highest BCUT2D eigenvalue weighted by molar-refractivity contribution is 5.19. The zero-order valence-corrected chi connectivity index (χ0v) is 10.2. The van der Waals surface area contributed by atoms with Crippen molar-refractivity contribution in [2.75, 3.05) is 20.2 Å². The van der Waals surface area contributed by atoms with Gasteiger partial charge in [0, 0.05) is 13.2 Å². The number of ether oxygens (including phenoxy) is 1. The molecule has 16 heavy (non-hydrogen) atoms. The first-order chi connectivity index (χ1) is 7.83. The zero-order chi connectivity index (χ0) is 11.4. The summed E-state index contributed by atoms with van der Waals surface area (Å²) in [6, 6.07) is 11.0.